The standard InChI is InChI=1S/C16H16F3NO3/c17-16(18,19)11-2-1-3-15(8-11)23-14-6-4-12(5-7-14)20-9-13(22)10-21/h1-8,13,20-22H,9-10H2. The van der Waals surface area contributed by atoms with Crippen LogP contribution in [0.25, 0.3) is 0 Å². The molecule has 2 rings (SSSR count). The highest BCUT2D eigenvalue weighted by Gasteiger charge is 2.30. The highest BCUT2D eigenvalue weighted by Crippen LogP contribution is 2.32. The predicted octanol–water partition coefficient (Wildman–Crippen LogP) is 3.26. The summed E-state index contributed by atoms with van der Waals surface area (Å²) in [6.45, 7) is -0.159. The molecule has 23 heavy (non-hydrogen) atoms. The normalized spacial score (nSPS) is 12.7. The minimum absolute atomic E-state index is 0.0937. The van der Waals surface area contributed by atoms with Gasteiger partial charge in [-0.25, -0.2) is 0 Å². The third kappa shape index (κ3) is 5.15. The van der Waals surface area contributed by atoms with Crippen molar-refractivity contribution in [1.29, 1.82) is 0 Å². The highest BCUT2D eigenvalue weighted by molar-refractivity contribution is 5.47. The summed E-state index contributed by atoms with van der Waals surface area (Å²) in [5, 5.41) is 20.8. The van der Waals surface area contributed by atoms with E-state index in [2.05, 4.69) is 5.32 Å². The van der Waals surface area contributed by atoms with E-state index in [1.807, 2.05) is 0 Å². The lowest BCUT2D eigenvalue weighted by atomic mass is 10.2. The summed E-state index contributed by atoms with van der Waals surface area (Å²) in [4.78, 5) is 0. The number of alkyl halides is 3. The molecule has 1 unspecified atom stereocenters. The van der Waals surface area contributed by atoms with Gasteiger partial charge in [-0.05, 0) is 42.5 Å². The van der Waals surface area contributed by atoms with Crippen molar-refractivity contribution in [3.8, 4) is 11.5 Å². The maximum absolute atomic E-state index is 12.6. The summed E-state index contributed by atoms with van der Waals surface area (Å²) >= 11 is 0. The van der Waals surface area contributed by atoms with E-state index >= 15 is 0 Å². The molecule has 0 aliphatic heterocycles. The zero-order valence-electron chi connectivity index (χ0n) is 12.0. The van der Waals surface area contributed by atoms with E-state index < -0.39 is 17.8 Å². The molecule has 0 aromatic heterocycles. The minimum atomic E-state index is -4.42. The molecule has 4 nitrogen and oxygen atoms in total. The number of nitrogens with one attached hydrogen (secondary N) is 1. The van der Waals surface area contributed by atoms with Gasteiger partial charge in [0.05, 0.1) is 18.3 Å². The maximum Gasteiger partial charge on any atom is 0.416 e. The third-order valence-corrected chi connectivity index (χ3v) is 3.00. The Morgan fingerprint density at radius 3 is 2.35 bits per heavy atom. The molecule has 2 aromatic rings. The summed E-state index contributed by atoms with van der Waals surface area (Å²) in [7, 11) is 0. The molecule has 0 saturated heterocycles. The second-order valence-electron chi connectivity index (χ2n) is 4.87. The van der Waals surface area contributed by atoms with Crippen LogP contribution in [-0.4, -0.2) is 29.5 Å². The summed E-state index contributed by atoms with van der Waals surface area (Å²) in [6.07, 6.45) is -5.28. The number of hydrogen-bond donors (Lipinski definition) is 3. The van der Waals surface area contributed by atoms with Crippen LogP contribution in [-0.2, 0) is 6.18 Å². The lowest BCUT2D eigenvalue weighted by molar-refractivity contribution is -0.137. The van der Waals surface area contributed by atoms with Crippen molar-refractivity contribution in [1.82, 2.24) is 0 Å². The Bertz CT molecular complexity index is 629. The first-order valence-electron chi connectivity index (χ1n) is 6.86. The number of rotatable bonds is 6. The topological polar surface area (TPSA) is 61.7 Å². The average molecular weight is 327 g/mol. The van der Waals surface area contributed by atoms with Gasteiger partial charge in [0, 0.05) is 12.2 Å². The van der Waals surface area contributed by atoms with Gasteiger partial charge in [0.15, 0.2) is 0 Å². The van der Waals surface area contributed by atoms with Crippen LogP contribution in [0.2, 0.25) is 0 Å². The Balaban J connectivity index is 2.01. The molecule has 0 spiro atoms. The molecule has 0 radical (unpaired) electrons. The van der Waals surface area contributed by atoms with Gasteiger partial charge in [0.2, 0.25) is 0 Å². The van der Waals surface area contributed by atoms with E-state index in [4.69, 9.17) is 9.84 Å². The van der Waals surface area contributed by atoms with Gasteiger partial charge < -0.3 is 20.3 Å². The third-order valence-electron chi connectivity index (χ3n) is 3.00. The zero-order chi connectivity index (χ0) is 16.9. The zero-order valence-corrected chi connectivity index (χ0v) is 12.0. The van der Waals surface area contributed by atoms with Crippen LogP contribution in [0.3, 0.4) is 0 Å². The predicted molar refractivity (Wildman–Crippen MR) is 79.5 cm³/mol. The molecule has 2 aromatic carbocycles. The van der Waals surface area contributed by atoms with Crippen LogP contribution in [0, 0.1) is 0 Å². The fraction of sp³-hybridized carbons (Fsp3) is 0.250. The Morgan fingerprint density at radius 1 is 1.04 bits per heavy atom. The van der Waals surface area contributed by atoms with Crippen LogP contribution in [0.15, 0.2) is 48.5 Å². The summed E-state index contributed by atoms with van der Waals surface area (Å²) < 4.78 is 43.3. The van der Waals surface area contributed by atoms with E-state index in [9.17, 15) is 18.3 Å². The van der Waals surface area contributed by atoms with Crippen molar-refractivity contribution in [3.05, 3.63) is 54.1 Å². The van der Waals surface area contributed by atoms with E-state index in [0.717, 1.165) is 12.1 Å². The van der Waals surface area contributed by atoms with E-state index in [1.165, 1.54) is 12.1 Å². The van der Waals surface area contributed by atoms with E-state index in [0.29, 0.717) is 11.4 Å². The number of hydrogen-bond acceptors (Lipinski definition) is 4. The molecule has 0 heterocycles. The average Bonchev–Trinajstić information content (AvgIpc) is 2.53. The number of aliphatic hydroxyl groups excluding tert-OH is 2. The minimum Gasteiger partial charge on any atom is -0.457 e. The molecule has 0 bridgehead atoms. The second-order valence-corrected chi connectivity index (χ2v) is 4.87. The Morgan fingerprint density at radius 2 is 1.74 bits per heavy atom. The highest BCUT2D eigenvalue weighted by atomic mass is 19.4. The van der Waals surface area contributed by atoms with E-state index in [-0.39, 0.29) is 18.9 Å². The Labute approximate surface area is 131 Å². The van der Waals surface area contributed by atoms with Crippen LogP contribution >= 0.6 is 0 Å². The first-order chi connectivity index (χ1) is 10.9. The number of benzene rings is 2. The van der Waals surface area contributed by atoms with Gasteiger partial charge in [-0.1, -0.05) is 6.07 Å². The molecule has 0 aliphatic carbocycles. The van der Waals surface area contributed by atoms with Crippen molar-refractivity contribution in [2.75, 3.05) is 18.5 Å². The smallest absolute Gasteiger partial charge is 0.416 e. The Kier molecular flexibility index (Phi) is 5.46. The first-order valence-corrected chi connectivity index (χ1v) is 6.86. The molecule has 124 valence electrons. The van der Waals surface area contributed by atoms with Gasteiger partial charge in [0.25, 0.3) is 0 Å². The molecule has 0 aliphatic rings. The monoisotopic (exact) mass is 327 g/mol. The molecule has 3 N–H and O–H groups in total. The van der Waals surface area contributed by atoms with Crippen molar-refractivity contribution < 1.29 is 28.1 Å². The number of aliphatic hydroxyl groups is 2. The maximum atomic E-state index is 12.6. The Hall–Kier alpha value is -2.25. The summed E-state index contributed by atoms with van der Waals surface area (Å²) in [5.41, 5.74) is -0.0832. The molecular weight excluding hydrogens is 311 g/mol. The van der Waals surface area contributed by atoms with Crippen LogP contribution in [0.4, 0.5) is 18.9 Å². The van der Waals surface area contributed by atoms with Gasteiger partial charge in [-0.3, -0.25) is 0 Å². The quantitative estimate of drug-likeness (QED) is 0.762. The SMILES string of the molecule is OCC(O)CNc1ccc(Oc2cccc(C(F)(F)F)c2)cc1. The van der Waals surface area contributed by atoms with Crippen molar-refractivity contribution in [3.63, 3.8) is 0 Å². The largest absolute Gasteiger partial charge is 0.457 e. The molecule has 0 saturated carbocycles. The lowest BCUT2D eigenvalue weighted by Crippen LogP contribution is -2.22. The fourth-order valence-electron chi connectivity index (χ4n) is 1.81. The van der Waals surface area contributed by atoms with Gasteiger partial charge >= 0.3 is 6.18 Å². The lowest BCUT2D eigenvalue weighted by Gasteiger charge is -2.12. The van der Waals surface area contributed by atoms with E-state index in [1.54, 1.807) is 24.3 Å². The second kappa shape index (κ2) is 7.34. The van der Waals surface area contributed by atoms with Crippen LogP contribution in [0.5, 0.6) is 11.5 Å². The van der Waals surface area contributed by atoms with Crippen LogP contribution in [0.1, 0.15) is 5.56 Å². The molecular formula is C16H16F3NO3. The molecule has 1 atom stereocenters. The van der Waals surface area contributed by atoms with Crippen LogP contribution < -0.4 is 10.1 Å². The van der Waals surface area contributed by atoms with Crippen molar-refractivity contribution in [2.45, 2.75) is 12.3 Å². The number of halogens is 3. The molecule has 0 fully saturated rings. The fourth-order valence-corrected chi connectivity index (χ4v) is 1.81. The van der Waals surface area contributed by atoms with Gasteiger partial charge in [-0.2, -0.15) is 13.2 Å². The summed E-state index contributed by atoms with van der Waals surface area (Å²) in [5.74, 6) is 0.480. The molecule has 7 heteroatoms. The van der Waals surface area contributed by atoms with Crippen molar-refractivity contribution >= 4 is 5.69 Å². The number of anilines is 1. The van der Waals surface area contributed by atoms with Gasteiger partial charge in [-0.15, -0.1) is 0 Å². The molecule has 0 amide bonds. The number of ether oxygens (including phenoxy) is 1. The summed E-state index contributed by atoms with van der Waals surface area (Å²) in [6, 6.07) is 11.1. The van der Waals surface area contributed by atoms with Crippen molar-refractivity contribution in [2.24, 2.45) is 0 Å². The first kappa shape index (κ1) is 17.1. The van der Waals surface area contributed by atoms with Gasteiger partial charge in [0.1, 0.15) is 11.5 Å².